The van der Waals surface area contributed by atoms with Gasteiger partial charge in [0.1, 0.15) is 10.8 Å². The minimum absolute atomic E-state index is 0.0636. The molecule has 0 aliphatic heterocycles. The number of carbonyl (C=O) groups excluding carboxylic acids is 1. The maximum absolute atomic E-state index is 12.4. The van der Waals surface area contributed by atoms with E-state index in [1.54, 1.807) is 19.1 Å². The number of thiocarbonyl (C=S) groups is 1. The van der Waals surface area contributed by atoms with E-state index in [1.807, 2.05) is 0 Å². The number of halogens is 2. The van der Waals surface area contributed by atoms with Crippen LogP contribution < -0.4 is 15.4 Å². The summed E-state index contributed by atoms with van der Waals surface area (Å²) in [4.78, 5) is 13.5. The molecule has 9 heteroatoms. The number of rotatable bonds is 6. The number of carbonyl (C=O) groups is 1. The van der Waals surface area contributed by atoms with Crippen LogP contribution in [0.15, 0.2) is 24.3 Å². The maximum Gasteiger partial charge on any atom is 0.387 e. The average molecular weight is 412 g/mol. The third-order valence-electron chi connectivity index (χ3n) is 3.97. The number of fused-ring (bicyclic) bond motifs is 1. The number of aryl methyl sites for hydroxylation is 1. The molecule has 144 valence electrons. The van der Waals surface area contributed by atoms with Gasteiger partial charge in [-0.2, -0.15) is 8.78 Å². The van der Waals surface area contributed by atoms with Crippen molar-refractivity contribution in [3.05, 3.63) is 40.3 Å². The molecule has 0 spiro atoms. The molecule has 0 fully saturated rings. The van der Waals surface area contributed by atoms with Gasteiger partial charge in [0, 0.05) is 10.6 Å². The lowest BCUT2D eigenvalue weighted by Crippen LogP contribution is -2.20. The Morgan fingerprint density at radius 1 is 1.26 bits per heavy atom. The Labute approximate surface area is 164 Å². The Morgan fingerprint density at radius 2 is 2.00 bits per heavy atom. The molecule has 0 unspecified atom stereocenters. The third kappa shape index (κ3) is 4.72. The summed E-state index contributed by atoms with van der Waals surface area (Å²) >= 11 is 6.83. The lowest BCUT2D eigenvalue weighted by Gasteiger charge is -2.12. The van der Waals surface area contributed by atoms with Gasteiger partial charge in [0.25, 0.3) is 0 Å². The van der Waals surface area contributed by atoms with Crippen molar-refractivity contribution in [3.63, 3.8) is 0 Å². The van der Waals surface area contributed by atoms with E-state index in [0.29, 0.717) is 28.0 Å². The molecule has 1 aliphatic carbocycles. The van der Waals surface area contributed by atoms with Crippen molar-refractivity contribution in [2.45, 2.75) is 32.8 Å². The second-order valence-electron chi connectivity index (χ2n) is 5.76. The summed E-state index contributed by atoms with van der Waals surface area (Å²) in [7, 11) is 0. The van der Waals surface area contributed by atoms with Gasteiger partial charge < -0.3 is 20.1 Å². The van der Waals surface area contributed by atoms with Crippen molar-refractivity contribution in [2.75, 3.05) is 17.2 Å². The highest BCUT2D eigenvalue weighted by molar-refractivity contribution is 7.80. The van der Waals surface area contributed by atoms with Crippen molar-refractivity contribution in [1.29, 1.82) is 0 Å². The van der Waals surface area contributed by atoms with Crippen molar-refractivity contribution in [1.82, 2.24) is 0 Å². The molecule has 3 rings (SSSR count). The second-order valence-corrected chi connectivity index (χ2v) is 7.28. The van der Waals surface area contributed by atoms with Crippen LogP contribution in [0, 0.1) is 0 Å². The number of hydrogen-bond acceptors (Lipinski definition) is 5. The fourth-order valence-electron chi connectivity index (χ4n) is 2.90. The molecule has 0 amide bonds. The number of nitrogens with one attached hydrogen (secondary N) is 2. The van der Waals surface area contributed by atoms with Gasteiger partial charge in [-0.25, -0.2) is 4.79 Å². The first kappa shape index (κ1) is 19.5. The topological polar surface area (TPSA) is 59.6 Å². The number of hydrogen-bond donors (Lipinski definition) is 2. The minimum atomic E-state index is -2.87. The Morgan fingerprint density at radius 3 is 2.67 bits per heavy atom. The molecule has 2 aromatic rings. The zero-order valence-corrected chi connectivity index (χ0v) is 16.1. The largest absolute Gasteiger partial charge is 0.462 e. The molecule has 1 heterocycles. The summed E-state index contributed by atoms with van der Waals surface area (Å²) < 4.78 is 33.9. The Kier molecular flexibility index (Phi) is 6.22. The van der Waals surface area contributed by atoms with E-state index in [0.717, 1.165) is 24.8 Å². The highest BCUT2D eigenvalue weighted by Gasteiger charge is 2.27. The number of esters is 1. The molecule has 27 heavy (non-hydrogen) atoms. The molecule has 1 aromatic carbocycles. The first-order chi connectivity index (χ1) is 13.0. The van der Waals surface area contributed by atoms with E-state index in [-0.39, 0.29) is 11.7 Å². The van der Waals surface area contributed by atoms with E-state index in [2.05, 4.69) is 15.4 Å². The number of anilines is 2. The Hall–Kier alpha value is -2.26. The van der Waals surface area contributed by atoms with Gasteiger partial charge in [0.05, 0.1) is 12.2 Å². The number of benzene rings is 1. The van der Waals surface area contributed by atoms with Crippen LogP contribution in [0.5, 0.6) is 5.75 Å². The molecule has 1 aromatic heterocycles. The van der Waals surface area contributed by atoms with Gasteiger partial charge in [-0.1, -0.05) is 0 Å². The number of alkyl halides is 2. The lowest BCUT2D eigenvalue weighted by atomic mass is 10.1. The van der Waals surface area contributed by atoms with Crippen LogP contribution in [0.3, 0.4) is 0 Å². The lowest BCUT2D eigenvalue weighted by molar-refractivity contribution is -0.0498. The molecule has 5 nitrogen and oxygen atoms in total. The number of thiophene rings is 1. The Balaban J connectivity index is 1.70. The van der Waals surface area contributed by atoms with E-state index < -0.39 is 6.61 Å². The van der Waals surface area contributed by atoms with Gasteiger partial charge in [-0.3, -0.25) is 0 Å². The predicted octanol–water partition coefficient (Wildman–Crippen LogP) is 4.82. The zero-order chi connectivity index (χ0) is 19.4. The SMILES string of the molecule is CCOC(=O)c1c(NC(=S)Nc2ccc(OC(F)F)cc2)sc2c1CCC2. The summed E-state index contributed by atoms with van der Waals surface area (Å²) in [5, 5.41) is 6.98. The zero-order valence-electron chi connectivity index (χ0n) is 14.5. The highest BCUT2D eigenvalue weighted by atomic mass is 32.1. The normalized spacial score (nSPS) is 12.6. The van der Waals surface area contributed by atoms with E-state index in [1.165, 1.54) is 28.3 Å². The molecular weight excluding hydrogens is 394 g/mol. The summed E-state index contributed by atoms with van der Waals surface area (Å²) in [6.07, 6.45) is 2.83. The van der Waals surface area contributed by atoms with Gasteiger partial charge in [-0.15, -0.1) is 11.3 Å². The van der Waals surface area contributed by atoms with Crippen molar-refractivity contribution < 1.29 is 23.0 Å². The molecule has 0 bridgehead atoms. The summed E-state index contributed by atoms with van der Waals surface area (Å²) in [5.74, 6) is -0.288. The smallest absolute Gasteiger partial charge is 0.387 e. The van der Waals surface area contributed by atoms with Crippen LogP contribution >= 0.6 is 23.6 Å². The molecule has 2 N–H and O–H groups in total. The van der Waals surface area contributed by atoms with Gasteiger partial charge in [0.2, 0.25) is 0 Å². The minimum Gasteiger partial charge on any atom is -0.462 e. The quantitative estimate of drug-likeness (QED) is 0.524. The molecule has 0 saturated carbocycles. The third-order valence-corrected chi connectivity index (χ3v) is 5.38. The monoisotopic (exact) mass is 412 g/mol. The molecule has 0 radical (unpaired) electrons. The van der Waals surface area contributed by atoms with Crippen molar-refractivity contribution >= 4 is 45.3 Å². The first-order valence-corrected chi connectivity index (χ1v) is 9.65. The maximum atomic E-state index is 12.4. The van der Waals surface area contributed by atoms with E-state index >= 15 is 0 Å². The van der Waals surface area contributed by atoms with Gasteiger partial charge in [0.15, 0.2) is 5.11 Å². The molecule has 0 atom stereocenters. The molecule has 0 saturated heterocycles. The fourth-order valence-corrected chi connectivity index (χ4v) is 4.46. The first-order valence-electron chi connectivity index (χ1n) is 8.42. The van der Waals surface area contributed by atoms with Crippen LogP contribution in [0.2, 0.25) is 0 Å². The van der Waals surface area contributed by atoms with E-state index in [9.17, 15) is 13.6 Å². The van der Waals surface area contributed by atoms with Crippen LogP contribution in [-0.4, -0.2) is 24.3 Å². The second kappa shape index (κ2) is 8.62. The van der Waals surface area contributed by atoms with Crippen LogP contribution in [-0.2, 0) is 17.6 Å². The summed E-state index contributed by atoms with van der Waals surface area (Å²) in [6, 6.07) is 5.99. The standard InChI is InChI=1S/C18H18F2N2O3S2/c1-2-24-16(23)14-12-4-3-5-13(12)27-15(14)22-18(26)21-10-6-8-11(9-7-10)25-17(19)20/h6-9,17H,2-5H2,1H3,(H2,21,22,26). The van der Waals surface area contributed by atoms with Gasteiger partial charge >= 0.3 is 12.6 Å². The van der Waals surface area contributed by atoms with Crippen molar-refractivity contribution in [2.24, 2.45) is 0 Å². The summed E-state index contributed by atoms with van der Waals surface area (Å²) in [5.41, 5.74) is 2.20. The highest BCUT2D eigenvalue weighted by Crippen LogP contribution is 2.39. The van der Waals surface area contributed by atoms with E-state index in [4.69, 9.17) is 17.0 Å². The van der Waals surface area contributed by atoms with Crippen LogP contribution in [0.25, 0.3) is 0 Å². The Bertz CT molecular complexity index is 838. The fraction of sp³-hybridized carbons (Fsp3) is 0.333. The molecule has 1 aliphatic rings. The van der Waals surface area contributed by atoms with Crippen LogP contribution in [0.4, 0.5) is 19.5 Å². The molecular formula is C18H18F2N2O3S2. The average Bonchev–Trinajstić information content (AvgIpc) is 3.16. The predicted molar refractivity (Wildman–Crippen MR) is 105 cm³/mol. The number of ether oxygens (including phenoxy) is 2. The summed E-state index contributed by atoms with van der Waals surface area (Å²) in [6.45, 7) is -0.794. The van der Waals surface area contributed by atoms with Gasteiger partial charge in [-0.05, 0) is 68.2 Å². The van der Waals surface area contributed by atoms with Crippen molar-refractivity contribution in [3.8, 4) is 5.75 Å². The van der Waals surface area contributed by atoms with Crippen LogP contribution in [0.1, 0.15) is 34.1 Å².